The molecule has 3 heteroatoms. The molecule has 0 radical (unpaired) electrons. The van der Waals surface area contributed by atoms with Crippen molar-refractivity contribution in [2.75, 3.05) is 0 Å². The molecule has 0 unspecified atom stereocenters. The molecule has 0 fully saturated rings. The lowest BCUT2D eigenvalue weighted by molar-refractivity contribution is 1.08. The van der Waals surface area contributed by atoms with Gasteiger partial charge >= 0.3 is 0 Å². The zero-order chi connectivity index (χ0) is 38.8. The predicted octanol–water partition coefficient (Wildman–Crippen LogP) is 12.8. The van der Waals surface area contributed by atoms with Gasteiger partial charge in [-0.2, -0.15) is 0 Å². The normalized spacial score (nSPS) is 12.8. The van der Waals surface area contributed by atoms with Crippen LogP contribution in [-0.2, 0) is 0 Å². The van der Waals surface area contributed by atoms with Crippen LogP contribution < -0.4 is 0 Å². The Morgan fingerprint density at radius 2 is 0.827 bits per heavy atom. The van der Waals surface area contributed by atoms with Gasteiger partial charge in [0.05, 0.1) is 6.85 Å². The van der Waals surface area contributed by atoms with Crippen molar-refractivity contribution in [1.82, 2.24) is 15.0 Å². The summed E-state index contributed by atoms with van der Waals surface area (Å²) in [7, 11) is 0. The summed E-state index contributed by atoms with van der Waals surface area (Å²) in [6, 6.07) is 51.9. The highest BCUT2D eigenvalue weighted by molar-refractivity contribution is 6.11. The third-order valence-electron chi connectivity index (χ3n) is 9.78. The Balaban J connectivity index is 1.10. The van der Waals surface area contributed by atoms with E-state index in [4.69, 9.17) is 21.8 Å². The van der Waals surface area contributed by atoms with Crippen molar-refractivity contribution in [3.63, 3.8) is 0 Å². The van der Waals surface area contributed by atoms with E-state index < -0.39 is 6.04 Å². The highest BCUT2D eigenvalue weighted by Crippen LogP contribution is 2.36. The summed E-state index contributed by atoms with van der Waals surface area (Å²) in [6.07, 6.45) is 0. The molecule has 0 aliphatic rings. The summed E-state index contributed by atoms with van der Waals surface area (Å²) in [4.78, 5) is 15.5. The first-order valence-electron chi connectivity index (χ1n) is 19.7. The van der Waals surface area contributed by atoms with Crippen LogP contribution in [0.5, 0.6) is 0 Å². The van der Waals surface area contributed by atoms with E-state index in [2.05, 4.69) is 97.1 Å². The summed E-state index contributed by atoms with van der Waals surface area (Å²) in [5.41, 5.74) is 5.44. The first-order chi connectivity index (χ1) is 27.8. The second kappa shape index (κ2) is 12.4. The summed E-state index contributed by atoms with van der Waals surface area (Å²) in [5, 5.41) is 8.57. The monoisotopic (exact) mass is 666 g/mol. The summed E-state index contributed by atoms with van der Waals surface area (Å²) in [5.74, 6) is 1.75. The van der Waals surface area contributed by atoms with Crippen molar-refractivity contribution in [1.29, 1.82) is 0 Å². The van der Waals surface area contributed by atoms with Crippen LogP contribution in [0.1, 0.15) is 6.85 Å². The smallest absolute Gasteiger partial charge is 0.164 e. The van der Waals surface area contributed by atoms with Gasteiger partial charge in [0.1, 0.15) is 0 Å². The number of hydrogen-bond donors (Lipinski definition) is 0. The van der Waals surface area contributed by atoms with Crippen LogP contribution in [0.25, 0.3) is 99.5 Å². The second-order valence-corrected chi connectivity index (χ2v) is 12.9. The molecule has 0 aliphatic carbocycles. The number of aromatic nitrogens is 3. The molecule has 0 saturated carbocycles. The Morgan fingerprint density at radius 3 is 1.60 bits per heavy atom. The minimum atomic E-state index is -0.401. The zero-order valence-corrected chi connectivity index (χ0v) is 27.9. The topological polar surface area (TPSA) is 38.7 Å². The molecular weight excluding hydrogens is 631 g/mol. The Morgan fingerprint density at radius 1 is 0.308 bits per heavy atom. The third kappa shape index (κ3) is 5.28. The summed E-state index contributed by atoms with van der Waals surface area (Å²) < 4.78 is 41.2. The van der Waals surface area contributed by atoms with Crippen LogP contribution in [0, 0.1) is 0 Å². The highest BCUT2D eigenvalue weighted by atomic mass is 15.0. The number of rotatable bonds is 5. The average molecular weight is 667 g/mol. The van der Waals surface area contributed by atoms with Gasteiger partial charge in [0, 0.05) is 16.7 Å². The van der Waals surface area contributed by atoms with E-state index in [-0.39, 0.29) is 29.7 Å². The van der Waals surface area contributed by atoms with Crippen LogP contribution >= 0.6 is 0 Å². The lowest BCUT2D eigenvalue weighted by Crippen LogP contribution is -2.01. The number of nitrogens with zero attached hydrogens (tertiary/aromatic N) is 3. The van der Waals surface area contributed by atoms with Crippen LogP contribution in [0.4, 0.5) is 0 Å². The molecule has 52 heavy (non-hydrogen) atoms. The Kier molecular flexibility index (Phi) is 5.98. The van der Waals surface area contributed by atoms with Crippen LogP contribution in [-0.4, -0.2) is 15.0 Å². The fraction of sp³-hybridized carbons (Fsp3) is 0. The van der Waals surface area contributed by atoms with Gasteiger partial charge < -0.3 is 0 Å². The number of fused-ring (bicyclic) bond motifs is 5. The first-order valence-corrected chi connectivity index (χ1v) is 17.2. The van der Waals surface area contributed by atoms with Crippen molar-refractivity contribution >= 4 is 43.1 Å². The maximum Gasteiger partial charge on any atom is 0.164 e. The van der Waals surface area contributed by atoms with Gasteiger partial charge in [-0.25, -0.2) is 15.0 Å². The summed E-state index contributed by atoms with van der Waals surface area (Å²) in [6.45, 7) is 0. The summed E-state index contributed by atoms with van der Waals surface area (Å²) >= 11 is 0. The molecule has 10 aromatic rings. The van der Waals surface area contributed by atoms with E-state index in [9.17, 15) is 0 Å². The third-order valence-corrected chi connectivity index (χ3v) is 9.78. The van der Waals surface area contributed by atoms with E-state index >= 15 is 0 Å². The maximum atomic E-state index is 8.46. The number of benzene rings is 9. The first kappa shape index (κ1) is 25.1. The van der Waals surface area contributed by atoms with E-state index in [0.29, 0.717) is 23.0 Å². The Labute approximate surface area is 308 Å². The molecule has 0 spiro atoms. The van der Waals surface area contributed by atoms with Gasteiger partial charge in [0.2, 0.25) is 0 Å². The van der Waals surface area contributed by atoms with Crippen molar-refractivity contribution < 1.29 is 6.85 Å². The van der Waals surface area contributed by atoms with Crippen molar-refractivity contribution in [2.45, 2.75) is 0 Å². The molecule has 3 nitrogen and oxygen atoms in total. The molecule has 0 aliphatic heterocycles. The fourth-order valence-electron chi connectivity index (χ4n) is 7.21. The van der Waals surface area contributed by atoms with Gasteiger partial charge in [-0.3, -0.25) is 0 Å². The zero-order valence-electron chi connectivity index (χ0n) is 32.9. The number of hydrogen-bond acceptors (Lipinski definition) is 3. The van der Waals surface area contributed by atoms with Gasteiger partial charge in [0.25, 0.3) is 0 Å². The van der Waals surface area contributed by atoms with Gasteiger partial charge in [-0.05, 0) is 83.5 Å². The maximum absolute atomic E-state index is 8.46. The van der Waals surface area contributed by atoms with Gasteiger partial charge in [0.15, 0.2) is 17.5 Å². The minimum Gasteiger partial charge on any atom is -0.208 e. The molecule has 0 atom stereocenters. The lowest BCUT2D eigenvalue weighted by atomic mass is 9.97. The molecule has 0 N–H and O–H groups in total. The molecular formula is C49H31N3. The molecule has 10 rings (SSSR count). The Bertz CT molecular complexity index is 3240. The van der Waals surface area contributed by atoms with Crippen molar-refractivity contribution in [3.8, 4) is 56.4 Å². The van der Waals surface area contributed by atoms with Gasteiger partial charge in [-0.1, -0.05) is 170 Å². The lowest BCUT2D eigenvalue weighted by Gasteiger charge is -2.13. The Hall–Kier alpha value is -6.97. The van der Waals surface area contributed by atoms with Crippen LogP contribution in [0.2, 0.25) is 0 Å². The van der Waals surface area contributed by atoms with E-state index in [1.807, 2.05) is 60.7 Å². The largest absolute Gasteiger partial charge is 0.208 e. The predicted molar refractivity (Wildman–Crippen MR) is 217 cm³/mol. The molecule has 1 heterocycles. The standard InChI is InChI=1S/C49H31N3/c1-2-11-32(12-3-1)36-23-24-39-30-37(25-26-38(39)29-36)35-16-8-17-40(31-35)47-50-48(45-21-9-15-33-13-4-7-19-42(33)45)52-49(51-47)46-22-10-20-43-41-18-6-5-14-34(41)27-28-44(43)46/h1-31H/i1D,2D,3D,11D,12D. The van der Waals surface area contributed by atoms with E-state index in [0.717, 1.165) is 60.1 Å². The molecule has 1 aromatic heterocycles. The molecule has 9 aromatic carbocycles. The van der Waals surface area contributed by atoms with Crippen LogP contribution in [0.3, 0.4) is 0 Å². The van der Waals surface area contributed by atoms with Crippen molar-refractivity contribution in [2.24, 2.45) is 0 Å². The average Bonchev–Trinajstić information content (AvgIpc) is 3.27. The van der Waals surface area contributed by atoms with Crippen molar-refractivity contribution in [3.05, 3.63) is 188 Å². The van der Waals surface area contributed by atoms with Gasteiger partial charge in [-0.15, -0.1) is 0 Å². The highest BCUT2D eigenvalue weighted by Gasteiger charge is 2.17. The molecule has 242 valence electrons. The quantitative estimate of drug-likeness (QED) is 0.172. The van der Waals surface area contributed by atoms with E-state index in [1.165, 1.54) is 10.8 Å². The SMILES string of the molecule is [2H]c1c([2H])c([2H])c(-c2ccc3cc(-c4cccc(-c5nc(-c6cccc7ccccc67)nc(-c6cccc7c6ccc6ccccc67)n5)c4)ccc3c2)c([2H])c1[2H]. The van der Waals surface area contributed by atoms with E-state index in [1.54, 1.807) is 0 Å². The second-order valence-electron chi connectivity index (χ2n) is 12.9. The minimum absolute atomic E-state index is 0.191. The molecule has 0 saturated heterocycles. The molecule has 0 amide bonds. The van der Waals surface area contributed by atoms with Crippen LogP contribution in [0.15, 0.2) is 188 Å². The molecule has 0 bridgehead atoms. The fourth-order valence-corrected chi connectivity index (χ4v) is 7.21.